The van der Waals surface area contributed by atoms with Gasteiger partial charge in [-0.2, -0.15) is 0 Å². The van der Waals surface area contributed by atoms with E-state index in [1.807, 2.05) is 18.2 Å². The van der Waals surface area contributed by atoms with Crippen LogP contribution in [0.15, 0.2) is 36.1 Å². The van der Waals surface area contributed by atoms with E-state index in [1.165, 1.54) is 7.11 Å². The summed E-state index contributed by atoms with van der Waals surface area (Å²) in [6.45, 7) is 4.09. The Kier molecular flexibility index (Phi) is 4.93. The van der Waals surface area contributed by atoms with Crippen molar-refractivity contribution in [1.82, 2.24) is 0 Å². The Balaban J connectivity index is 1.79. The zero-order valence-corrected chi connectivity index (χ0v) is 17.7. The first kappa shape index (κ1) is 20.0. The first-order chi connectivity index (χ1) is 13.9. The minimum Gasteiger partial charge on any atom is -0.504 e. The average Bonchev–Trinajstić information content (AvgIpc) is 3.19. The molecule has 2 fully saturated rings. The van der Waals surface area contributed by atoms with Gasteiger partial charge in [0.05, 0.1) is 46.2 Å². The summed E-state index contributed by atoms with van der Waals surface area (Å²) in [6.07, 6.45) is 4.11. The summed E-state index contributed by atoms with van der Waals surface area (Å²) in [4.78, 5) is 25.9. The molecular weight excluding hydrogens is 368 g/mol. The molecule has 0 radical (unpaired) electrons. The monoisotopic (exact) mass is 399 g/mol. The second-order valence-corrected chi connectivity index (χ2v) is 8.93. The number of hydrogen-bond acceptors (Lipinski definition) is 4. The van der Waals surface area contributed by atoms with Gasteiger partial charge in [-0.25, -0.2) is 4.79 Å². The molecule has 1 aromatic carbocycles. The second-order valence-electron chi connectivity index (χ2n) is 8.93. The van der Waals surface area contributed by atoms with Gasteiger partial charge in [-0.05, 0) is 18.1 Å². The third kappa shape index (κ3) is 2.80. The van der Waals surface area contributed by atoms with E-state index < -0.39 is 5.41 Å². The van der Waals surface area contributed by atoms with Gasteiger partial charge in [-0.15, -0.1) is 0 Å². The lowest BCUT2D eigenvalue weighted by atomic mass is 9.67. The van der Waals surface area contributed by atoms with E-state index in [2.05, 4.69) is 25.4 Å². The smallest absolute Gasteiger partial charge is 0.337 e. The molecule has 1 amide bonds. The zero-order valence-electron chi connectivity index (χ0n) is 17.7. The van der Waals surface area contributed by atoms with Crippen LogP contribution in [0.25, 0.3) is 0 Å². The molecule has 6 heteroatoms. The molecule has 2 saturated heterocycles. The summed E-state index contributed by atoms with van der Waals surface area (Å²) in [5, 5.41) is 3.13. The van der Waals surface area contributed by atoms with Gasteiger partial charge >= 0.3 is 5.97 Å². The van der Waals surface area contributed by atoms with E-state index in [4.69, 9.17) is 9.47 Å². The maximum absolute atomic E-state index is 13.3. The topological polar surface area (TPSA) is 64.6 Å². The van der Waals surface area contributed by atoms with Crippen LogP contribution in [0.5, 0.6) is 0 Å². The van der Waals surface area contributed by atoms with Crippen molar-refractivity contribution in [2.24, 2.45) is 11.8 Å². The zero-order chi connectivity index (χ0) is 20.8. The molecule has 3 heterocycles. The summed E-state index contributed by atoms with van der Waals surface area (Å²) in [5.74, 6) is 0.120. The van der Waals surface area contributed by atoms with E-state index in [0.717, 1.165) is 48.1 Å². The van der Waals surface area contributed by atoms with Gasteiger partial charge in [0, 0.05) is 30.4 Å². The highest BCUT2D eigenvalue weighted by Crippen LogP contribution is 2.55. The number of para-hydroxylation sites is 1. The number of hydrogen-bond donors (Lipinski definition) is 1. The van der Waals surface area contributed by atoms with Gasteiger partial charge in [0.15, 0.2) is 0 Å². The number of nitrogens with zero attached hydrogens (tertiary/aromatic N) is 1. The SMILES string of the molecule is CCC1C[N+]2(C)CCC3(C(=O)Nc4ccccc43)C2CC1C(=COC)C(=O)OC. The number of anilines is 1. The summed E-state index contributed by atoms with van der Waals surface area (Å²) in [7, 11) is 5.25. The minimum atomic E-state index is -0.531. The Hall–Kier alpha value is -2.34. The lowest BCUT2D eigenvalue weighted by molar-refractivity contribution is -0.932. The van der Waals surface area contributed by atoms with Crippen molar-refractivity contribution in [2.45, 2.75) is 37.6 Å². The van der Waals surface area contributed by atoms with E-state index in [1.54, 1.807) is 13.4 Å². The highest BCUT2D eigenvalue weighted by Gasteiger charge is 2.66. The molecule has 3 aliphatic rings. The number of methoxy groups -OCH3 is 2. The third-order valence-electron chi connectivity index (χ3n) is 7.69. The lowest BCUT2D eigenvalue weighted by Crippen LogP contribution is -2.62. The van der Waals surface area contributed by atoms with Gasteiger partial charge in [0.25, 0.3) is 0 Å². The molecule has 1 aromatic rings. The summed E-state index contributed by atoms with van der Waals surface area (Å²) < 4.78 is 11.2. The molecule has 0 aliphatic carbocycles. The van der Waals surface area contributed by atoms with Crippen LogP contribution in [-0.4, -0.2) is 56.8 Å². The molecule has 5 unspecified atom stereocenters. The van der Waals surface area contributed by atoms with Crippen LogP contribution in [0.4, 0.5) is 5.69 Å². The molecule has 6 nitrogen and oxygen atoms in total. The highest BCUT2D eigenvalue weighted by atomic mass is 16.5. The fraction of sp³-hybridized carbons (Fsp3) is 0.565. The van der Waals surface area contributed by atoms with Crippen LogP contribution in [0.3, 0.4) is 0 Å². The van der Waals surface area contributed by atoms with Gasteiger partial charge in [0.1, 0.15) is 11.5 Å². The van der Waals surface area contributed by atoms with Gasteiger partial charge < -0.3 is 19.3 Å². The number of ether oxygens (including phenoxy) is 2. The van der Waals surface area contributed by atoms with Crippen LogP contribution < -0.4 is 5.32 Å². The van der Waals surface area contributed by atoms with Crippen LogP contribution in [0, 0.1) is 11.8 Å². The second kappa shape index (κ2) is 7.17. The molecule has 0 saturated carbocycles. The first-order valence-corrected chi connectivity index (χ1v) is 10.5. The van der Waals surface area contributed by atoms with E-state index in [-0.39, 0.29) is 23.8 Å². The van der Waals surface area contributed by atoms with Crippen molar-refractivity contribution in [3.05, 3.63) is 41.7 Å². The fourth-order valence-electron chi connectivity index (χ4n) is 6.30. The maximum atomic E-state index is 13.3. The molecule has 29 heavy (non-hydrogen) atoms. The van der Waals surface area contributed by atoms with Crippen molar-refractivity contribution in [2.75, 3.05) is 39.7 Å². The van der Waals surface area contributed by atoms with Crippen LogP contribution in [-0.2, 0) is 24.5 Å². The molecule has 0 aromatic heterocycles. The number of rotatable bonds is 4. The maximum Gasteiger partial charge on any atom is 0.337 e. The van der Waals surface area contributed by atoms with Crippen LogP contribution >= 0.6 is 0 Å². The number of carbonyl (C=O) groups is 2. The predicted molar refractivity (Wildman–Crippen MR) is 110 cm³/mol. The van der Waals surface area contributed by atoms with Gasteiger partial charge in [0.2, 0.25) is 5.91 Å². The standard InChI is InChI=1S/C23H30N2O4/c1-5-15-13-25(2)11-10-23(18-8-6-7-9-19(18)24-22(23)27)20(25)12-16(15)17(14-28-3)21(26)29-4/h6-9,14-16,20H,5,10-13H2,1-4H3/p+1. The largest absolute Gasteiger partial charge is 0.504 e. The number of quaternary nitrogens is 1. The van der Waals surface area contributed by atoms with E-state index in [0.29, 0.717) is 11.5 Å². The summed E-state index contributed by atoms with van der Waals surface area (Å²) in [5.41, 5.74) is 2.10. The quantitative estimate of drug-likeness (QED) is 0.366. The first-order valence-electron chi connectivity index (χ1n) is 10.5. The summed E-state index contributed by atoms with van der Waals surface area (Å²) in [6, 6.07) is 8.18. The van der Waals surface area contributed by atoms with Crippen LogP contribution in [0.2, 0.25) is 0 Å². The Morgan fingerprint density at radius 2 is 2.10 bits per heavy atom. The molecule has 4 rings (SSSR count). The normalized spacial score (nSPS) is 35.8. The minimum absolute atomic E-state index is 0.0131. The Labute approximate surface area is 172 Å². The Bertz CT molecular complexity index is 866. The molecule has 1 spiro atoms. The average molecular weight is 400 g/mol. The third-order valence-corrected chi connectivity index (χ3v) is 7.69. The number of nitrogens with one attached hydrogen (secondary N) is 1. The van der Waals surface area contributed by atoms with Crippen molar-refractivity contribution in [3.8, 4) is 0 Å². The molecule has 5 atom stereocenters. The summed E-state index contributed by atoms with van der Waals surface area (Å²) >= 11 is 0. The van der Waals surface area contributed by atoms with Crippen molar-refractivity contribution in [3.63, 3.8) is 0 Å². The Morgan fingerprint density at radius 1 is 1.34 bits per heavy atom. The molecule has 1 N–H and O–H groups in total. The number of fused-ring (bicyclic) bond motifs is 4. The lowest BCUT2D eigenvalue weighted by Gasteiger charge is -2.49. The molecule has 0 bridgehead atoms. The number of benzene rings is 1. The number of likely N-dealkylation sites (N-methyl/N-ethyl adjacent to an activating group) is 1. The van der Waals surface area contributed by atoms with Crippen molar-refractivity contribution in [1.29, 1.82) is 0 Å². The van der Waals surface area contributed by atoms with Gasteiger partial charge in [-0.1, -0.05) is 25.1 Å². The van der Waals surface area contributed by atoms with Gasteiger partial charge in [-0.3, -0.25) is 4.79 Å². The van der Waals surface area contributed by atoms with Crippen molar-refractivity contribution < 1.29 is 23.5 Å². The number of piperidine rings is 1. The number of amides is 1. The number of carbonyl (C=O) groups excluding carboxylic acids is 2. The Morgan fingerprint density at radius 3 is 2.79 bits per heavy atom. The predicted octanol–water partition coefficient (Wildman–Crippen LogP) is 2.84. The molecule has 3 aliphatic heterocycles. The van der Waals surface area contributed by atoms with E-state index in [9.17, 15) is 9.59 Å². The number of esters is 1. The van der Waals surface area contributed by atoms with E-state index >= 15 is 0 Å². The highest BCUT2D eigenvalue weighted by molar-refractivity contribution is 6.07. The molecule has 156 valence electrons. The van der Waals surface area contributed by atoms with Crippen LogP contribution in [0.1, 0.15) is 31.7 Å². The fourth-order valence-corrected chi connectivity index (χ4v) is 6.30. The molecular formula is C23H31N2O4+. The van der Waals surface area contributed by atoms with Crippen molar-refractivity contribution >= 4 is 17.6 Å².